The highest BCUT2D eigenvalue weighted by Gasteiger charge is 1.98. The van der Waals surface area contributed by atoms with Crippen molar-refractivity contribution in [2.75, 3.05) is 11.4 Å². The van der Waals surface area contributed by atoms with Crippen molar-refractivity contribution in [2.24, 2.45) is 0 Å². The number of hydrogen-bond acceptors (Lipinski definition) is 2. The molecule has 0 spiro atoms. The molecule has 0 aliphatic carbocycles. The van der Waals surface area contributed by atoms with Crippen LogP contribution in [0.4, 0.5) is 5.69 Å². The Morgan fingerprint density at radius 3 is 2.46 bits per heavy atom. The van der Waals surface area contributed by atoms with Gasteiger partial charge in [-0.1, -0.05) is 17.5 Å². The maximum atomic E-state index is 5.77. The minimum Gasteiger partial charge on any atom is -0.309 e. The predicted molar refractivity (Wildman–Crippen MR) is 60.9 cm³/mol. The molecule has 0 saturated heterocycles. The van der Waals surface area contributed by atoms with Crippen molar-refractivity contribution in [1.29, 1.82) is 0 Å². The Bertz CT molecular complexity index is 323. The fourth-order valence-electron chi connectivity index (χ4n) is 0.818. The maximum Gasteiger partial charge on any atom is 0.0476 e. The molecule has 0 saturated carbocycles. The van der Waals surface area contributed by atoms with Gasteiger partial charge in [-0.25, -0.2) is 0 Å². The minimum atomic E-state index is 0.753. The largest absolute Gasteiger partial charge is 0.309 e. The Labute approximate surface area is 88.2 Å². The zero-order valence-corrected chi connectivity index (χ0v) is 9.12. The van der Waals surface area contributed by atoms with E-state index >= 15 is 0 Å². The molecule has 0 aliphatic heterocycles. The molecule has 68 valence electrons. The van der Waals surface area contributed by atoms with E-state index in [1.165, 1.54) is 11.9 Å². The van der Waals surface area contributed by atoms with E-state index in [9.17, 15) is 0 Å². The minimum absolute atomic E-state index is 0.753. The predicted octanol–water partition coefficient (Wildman–Crippen LogP) is 3.41. The Kier molecular flexibility index (Phi) is 4.01. The van der Waals surface area contributed by atoms with E-state index < -0.39 is 0 Å². The number of hydrogen-bond donors (Lipinski definition) is 0. The van der Waals surface area contributed by atoms with Crippen molar-refractivity contribution in [3.8, 4) is 11.2 Å². The molecule has 0 aromatic heterocycles. The molecule has 1 aromatic carbocycles. The van der Waals surface area contributed by atoms with E-state index in [1.807, 2.05) is 42.5 Å². The monoisotopic (exact) mass is 211 g/mol. The van der Waals surface area contributed by atoms with Gasteiger partial charge in [0.2, 0.25) is 0 Å². The number of halogens is 1. The molecule has 0 amide bonds. The third-order valence-electron chi connectivity index (χ3n) is 1.47. The summed E-state index contributed by atoms with van der Waals surface area (Å²) in [5, 5.41) is 3.67. The van der Waals surface area contributed by atoms with Crippen LogP contribution in [0.2, 0.25) is 5.02 Å². The molecule has 1 aromatic rings. The van der Waals surface area contributed by atoms with Crippen molar-refractivity contribution < 1.29 is 0 Å². The molecule has 13 heavy (non-hydrogen) atoms. The highest BCUT2D eigenvalue weighted by molar-refractivity contribution is 8.05. The van der Waals surface area contributed by atoms with E-state index in [4.69, 9.17) is 11.6 Å². The lowest BCUT2D eigenvalue weighted by molar-refractivity contribution is 1.37. The van der Waals surface area contributed by atoms with Gasteiger partial charge in [-0.15, -0.1) is 0 Å². The van der Waals surface area contributed by atoms with Crippen molar-refractivity contribution in [3.63, 3.8) is 0 Å². The molecule has 3 heteroatoms. The van der Waals surface area contributed by atoms with Crippen LogP contribution in [0, 0.1) is 11.2 Å². The number of nitrogens with zero attached hydrogens (tertiary/aromatic N) is 1. The van der Waals surface area contributed by atoms with Crippen LogP contribution in [0.15, 0.2) is 24.3 Å². The lowest BCUT2D eigenvalue weighted by Gasteiger charge is -2.13. The molecule has 0 fully saturated rings. The van der Waals surface area contributed by atoms with E-state index in [1.54, 1.807) is 0 Å². The van der Waals surface area contributed by atoms with Gasteiger partial charge < -0.3 is 4.31 Å². The molecule has 0 heterocycles. The molecule has 0 aliphatic rings. The van der Waals surface area contributed by atoms with Crippen molar-refractivity contribution in [1.82, 2.24) is 0 Å². The van der Waals surface area contributed by atoms with Crippen LogP contribution in [0.1, 0.15) is 6.92 Å². The van der Waals surface area contributed by atoms with Crippen molar-refractivity contribution in [2.45, 2.75) is 6.92 Å². The first-order chi connectivity index (χ1) is 6.24. The first-order valence-corrected chi connectivity index (χ1v) is 4.97. The summed E-state index contributed by atoms with van der Waals surface area (Å²) < 4.78 is 1.99. The van der Waals surface area contributed by atoms with Gasteiger partial charge in [0, 0.05) is 29.7 Å². The second kappa shape index (κ2) is 5.06. The smallest absolute Gasteiger partial charge is 0.0476 e. The highest BCUT2D eigenvalue weighted by Crippen LogP contribution is 2.21. The average molecular weight is 212 g/mol. The fraction of sp³-hybridized carbons (Fsp3) is 0.200. The molecule has 0 radical (unpaired) electrons. The average Bonchev–Trinajstić information content (AvgIpc) is 2.15. The summed E-state index contributed by atoms with van der Waals surface area (Å²) in [5.41, 5.74) is 1.09. The SMILES string of the molecule is CC#CSN(C)c1ccc(Cl)cc1. The Balaban J connectivity index is 2.69. The van der Waals surface area contributed by atoms with Gasteiger partial charge in [0.05, 0.1) is 0 Å². The second-order valence-electron chi connectivity index (χ2n) is 2.42. The van der Waals surface area contributed by atoms with Gasteiger partial charge in [0.25, 0.3) is 0 Å². The number of benzene rings is 1. The first-order valence-electron chi connectivity index (χ1n) is 3.82. The molecule has 0 bridgehead atoms. The molecular formula is C10H10ClNS. The fourth-order valence-corrected chi connectivity index (χ4v) is 1.40. The molecular weight excluding hydrogens is 202 g/mol. The Morgan fingerprint density at radius 1 is 1.31 bits per heavy atom. The highest BCUT2D eigenvalue weighted by atomic mass is 35.5. The summed E-state index contributed by atoms with van der Waals surface area (Å²) in [6.45, 7) is 1.82. The van der Waals surface area contributed by atoms with Crippen LogP contribution in [0.25, 0.3) is 0 Å². The van der Waals surface area contributed by atoms with E-state index in [0.717, 1.165) is 10.7 Å². The number of anilines is 1. The van der Waals surface area contributed by atoms with Gasteiger partial charge >= 0.3 is 0 Å². The van der Waals surface area contributed by atoms with Gasteiger partial charge in [-0.2, -0.15) is 0 Å². The standard InChI is InChI=1S/C10H10ClNS/c1-3-8-13-12(2)10-6-4-9(11)5-7-10/h4-7H,1-2H3. The van der Waals surface area contributed by atoms with Crippen LogP contribution in [0.3, 0.4) is 0 Å². The second-order valence-corrected chi connectivity index (χ2v) is 3.79. The molecule has 0 atom stereocenters. The van der Waals surface area contributed by atoms with Crippen molar-refractivity contribution >= 4 is 29.2 Å². The quantitative estimate of drug-likeness (QED) is 0.545. The summed E-state index contributed by atoms with van der Waals surface area (Å²) in [4.78, 5) is 0. The molecule has 1 rings (SSSR count). The van der Waals surface area contributed by atoms with E-state index in [2.05, 4.69) is 11.2 Å². The van der Waals surface area contributed by atoms with Gasteiger partial charge in [0.1, 0.15) is 0 Å². The molecule has 1 nitrogen and oxygen atoms in total. The maximum absolute atomic E-state index is 5.77. The van der Waals surface area contributed by atoms with E-state index in [-0.39, 0.29) is 0 Å². The summed E-state index contributed by atoms with van der Waals surface area (Å²) in [6.07, 6.45) is 0. The third kappa shape index (κ3) is 3.22. The van der Waals surface area contributed by atoms with Gasteiger partial charge in [0.15, 0.2) is 0 Å². The lowest BCUT2D eigenvalue weighted by Crippen LogP contribution is -2.03. The number of rotatable bonds is 2. The van der Waals surface area contributed by atoms with Crippen LogP contribution in [-0.4, -0.2) is 7.05 Å². The van der Waals surface area contributed by atoms with Crippen LogP contribution in [0.5, 0.6) is 0 Å². The zero-order valence-electron chi connectivity index (χ0n) is 7.54. The first kappa shape index (κ1) is 10.3. The summed E-state index contributed by atoms with van der Waals surface area (Å²) in [5.74, 6) is 2.82. The van der Waals surface area contributed by atoms with Gasteiger partial charge in [-0.05, 0) is 36.4 Å². The molecule has 0 N–H and O–H groups in total. The third-order valence-corrected chi connectivity index (χ3v) is 2.51. The topological polar surface area (TPSA) is 3.24 Å². The van der Waals surface area contributed by atoms with Gasteiger partial charge in [-0.3, -0.25) is 0 Å². The van der Waals surface area contributed by atoms with Crippen molar-refractivity contribution in [3.05, 3.63) is 29.3 Å². The summed E-state index contributed by atoms with van der Waals surface area (Å²) in [7, 11) is 1.97. The Hall–Kier alpha value is -0.780. The lowest BCUT2D eigenvalue weighted by atomic mass is 10.3. The zero-order chi connectivity index (χ0) is 9.68. The van der Waals surface area contributed by atoms with Crippen LogP contribution < -0.4 is 4.31 Å². The van der Waals surface area contributed by atoms with Crippen LogP contribution >= 0.6 is 23.5 Å². The normalized spacial score (nSPS) is 8.85. The summed E-state index contributed by atoms with van der Waals surface area (Å²) >= 11 is 7.23. The van der Waals surface area contributed by atoms with Crippen LogP contribution in [-0.2, 0) is 0 Å². The summed E-state index contributed by atoms with van der Waals surface area (Å²) in [6, 6.07) is 7.67. The van der Waals surface area contributed by atoms with E-state index in [0.29, 0.717) is 0 Å². The Morgan fingerprint density at radius 2 is 1.92 bits per heavy atom. The molecule has 0 unspecified atom stereocenters.